The second-order valence-electron chi connectivity index (χ2n) is 8.44. The molecule has 6 rings (SSSR count). The van der Waals surface area contributed by atoms with E-state index in [1.807, 2.05) is 24.9 Å². The molecule has 5 heterocycles. The van der Waals surface area contributed by atoms with Gasteiger partial charge in [0.25, 0.3) is 0 Å². The van der Waals surface area contributed by atoms with Gasteiger partial charge >= 0.3 is 0 Å². The van der Waals surface area contributed by atoms with E-state index in [-0.39, 0.29) is 6.04 Å². The summed E-state index contributed by atoms with van der Waals surface area (Å²) in [5.41, 5.74) is 4.83. The molecule has 32 heavy (non-hydrogen) atoms. The predicted octanol–water partition coefficient (Wildman–Crippen LogP) is 3.41. The molecular weight excluding hydrogens is 398 g/mol. The SMILES string of the molecule is c1ccc2c(c1)NC(c1cccnc1N1CCN(CCn3ccnc3)CC1)c1cccn1-2. The first kappa shape index (κ1) is 19.1. The number of imidazole rings is 1. The molecule has 0 amide bonds. The van der Waals surface area contributed by atoms with Gasteiger partial charge in [-0.15, -0.1) is 0 Å². The average molecular weight is 426 g/mol. The van der Waals surface area contributed by atoms with Gasteiger partial charge in [-0.2, -0.15) is 0 Å². The van der Waals surface area contributed by atoms with E-state index < -0.39 is 0 Å². The van der Waals surface area contributed by atoms with Crippen LogP contribution < -0.4 is 10.2 Å². The molecule has 4 aromatic rings. The minimum Gasteiger partial charge on any atom is -0.371 e. The van der Waals surface area contributed by atoms with E-state index in [1.165, 1.54) is 16.9 Å². The first-order chi connectivity index (χ1) is 15.9. The number of nitrogens with zero attached hydrogens (tertiary/aromatic N) is 6. The van der Waals surface area contributed by atoms with Crippen LogP contribution in [0.2, 0.25) is 0 Å². The van der Waals surface area contributed by atoms with Crippen molar-refractivity contribution in [1.82, 2.24) is 24.0 Å². The zero-order valence-corrected chi connectivity index (χ0v) is 18.0. The van der Waals surface area contributed by atoms with Crippen molar-refractivity contribution in [3.63, 3.8) is 0 Å². The molecule has 7 heteroatoms. The summed E-state index contributed by atoms with van der Waals surface area (Å²) in [6.07, 6.45) is 9.83. The monoisotopic (exact) mass is 425 g/mol. The van der Waals surface area contributed by atoms with E-state index in [2.05, 4.69) is 84.0 Å². The maximum absolute atomic E-state index is 4.85. The average Bonchev–Trinajstić information content (AvgIpc) is 3.55. The zero-order chi connectivity index (χ0) is 21.3. The number of aromatic nitrogens is 4. The Bertz CT molecular complexity index is 1190. The largest absolute Gasteiger partial charge is 0.371 e. The molecule has 2 aliphatic heterocycles. The molecule has 1 fully saturated rings. The molecule has 0 radical (unpaired) electrons. The highest BCUT2D eigenvalue weighted by atomic mass is 15.3. The van der Waals surface area contributed by atoms with Crippen LogP contribution in [0.4, 0.5) is 11.5 Å². The molecule has 0 spiro atoms. The van der Waals surface area contributed by atoms with Crippen LogP contribution in [0.5, 0.6) is 0 Å². The van der Waals surface area contributed by atoms with Gasteiger partial charge in [-0.1, -0.05) is 18.2 Å². The van der Waals surface area contributed by atoms with Crippen LogP contribution in [-0.4, -0.2) is 56.7 Å². The van der Waals surface area contributed by atoms with E-state index in [1.54, 1.807) is 0 Å². The number of nitrogens with one attached hydrogen (secondary N) is 1. The summed E-state index contributed by atoms with van der Waals surface area (Å²) in [7, 11) is 0. The third-order valence-corrected chi connectivity index (χ3v) is 6.57. The van der Waals surface area contributed by atoms with Gasteiger partial charge in [0.15, 0.2) is 0 Å². The molecule has 1 atom stereocenters. The van der Waals surface area contributed by atoms with Gasteiger partial charge in [0, 0.05) is 75.3 Å². The second kappa shape index (κ2) is 8.16. The van der Waals surface area contributed by atoms with Crippen LogP contribution in [0.3, 0.4) is 0 Å². The number of benzene rings is 1. The summed E-state index contributed by atoms with van der Waals surface area (Å²) in [6, 6.07) is 17.2. The van der Waals surface area contributed by atoms with Crippen LogP contribution in [0.1, 0.15) is 17.3 Å². The van der Waals surface area contributed by atoms with Gasteiger partial charge in [0.1, 0.15) is 5.82 Å². The summed E-state index contributed by atoms with van der Waals surface area (Å²) in [5.74, 6) is 1.09. The van der Waals surface area contributed by atoms with Gasteiger partial charge in [0.05, 0.1) is 23.7 Å². The maximum atomic E-state index is 4.85. The first-order valence-corrected chi connectivity index (χ1v) is 11.3. The molecule has 3 aromatic heterocycles. The smallest absolute Gasteiger partial charge is 0.134 e. The molecule has 2 aliphatic rings. The van der Waals surface area contributed by atoms with Crippen molar-refractivity contribution in [1.29, 1.82) is 0 Å². The summed E-state index contributed by atoms with van der Waals surface area (Å²) in [6.45, 7) is 6.09. The fraction of sp³-hybridized carbons (Fsp3) is 0.280. The van der Waals surface area contributed by atoms with Crippen molar-refractivity contribution in [3.8, 4) is 5.69 Å². The predicted molar refractivity (Wildman–Crippen MR) is 126 cm³/mol. The lowest BCUT2D eigenvalue weighted by Gasteiger charge is -2.38. The van der Waals surface area contributed by atoms with Crippen molar-refractivity contribution >= 4 is 11.5 Å². The molecule has 162 valence electrons. The molecule has 1 unspecified atom stereocenters. The van der Waals surface area contributed by atoms with Gasteiger partial charge in [0.2, 0.25) is 0 Å². The number of piperazine rings is 1. The molecule has 1 saturated heterocycles. The zero-order valence-electron chi connectivity index (χ0n) is 18.0. The summed E-state index contributed by atoms with van der Waals surface area (Å²) >= 11 is 0. The van der Waals surface area contributed by atoms with Gasteiger partial charge in [-0.3, -0.25) is 4.90 Å². The summed E-state index contributed by atoms with van der Waals surface area (Å²) in [4.78, 5) is 14.0. The molecule has 0 aliphatic carbocycles. The highest BCUT2D eigenvalue weighted by molar-refractivity contribution is 5.68. The number of rotatable bonds is 5. The Morgan fingerprint density at radius 1 is 0.875 bits per heavy atom. The Hall–Kier alpha value is -3.58. The van der Waals surface area contributed by atoms with Crippen molar-refractivity contribution in [2.45, 2.75) is 12.6 Å². The van der Waals surface area contributed by atoms with Crippen LogP contribution in [0.25, 0.3) is 5.69 Å². The lowest BCUT2D eigenvalue weighted by molar-refractivity contribution is 0.247. The topological polar surface area (TPSA) is 54.2 Å². The van der Waals surface area contributed by atoms with Gasteiger partial charge < -0.3 is 19.4 Å². The van der Waals surface area contributed by atoms with E-state index in [0.29, 0.717) is 0 Å². The normalized spacial score (nSPS) is 18.1. The van der Waals surface area contributed by atoms with Gasteiger partial charge in [-0.25, -0.2) is 9.97 Å². The summed E-state index contributed by atoms with van der Waals surface area (Å²) < 4.78 is 4.44. The molecule has 0 saturated carbocycles. The Labute approximate surface area is 187 Å². The van der Waals surface area contributed by atoms with Crippen molar-refractivity contribution in [2.75, 3.05) is 42.9 Å². The molecule has 1 aromatic carbocycles. The standard InChI is InChI=1S/C25H27N7/c1-2-7-22-21(6-1)28-24(23-8-4-11-32(22)23)20-5-3-9-27-25(20)31-17-15-29(16-18-31)13-14-30-12-10-26-19-30/h1-12,19,24,28H,13-18H2. The van der Waals surface area contributed by atoms with Crippen LogP contribution in [-0.2, 0) is 6.54 Å². The third kappa shape index (κ3) is 3.44. The maximum Gasteiger partial charge on any atom is 0.134 e. The lowest BCUT2D eigenvalue weighted by atomic mass is 10.0. The van der Waals surface area contributed by atoms with Crippen molar-refractivity contribution in [2.24, 2.45) is 0 Å². The minimum atomic E-state index is 0.0721. The number of hydrogen-bond acceptors (Lipinski definition) is 5. The Morgan fingerprint density at radius 2 is 1.78 bits per heavy atom. The lowest BCUT2D eigenvalue weighted by Crippen LogP contribution is -2.48. The second-order valence-corrected chi connectivity index (χ2v) is 8.44. The van der Waals surface area contributed by atoms with Crippen LogP contribution >= 0.6 is 0 Å². The summed E-state index contributed by atoms with van der Waals surface area (Å²) in [5, 5.41) is 3.77. The Morgan fingerprint density at radius 3 is 2.66 bits per heavy atom. The number of fused-ring (bicyclic) bond motifs is 3. The molecule has 1 N–H and O–H groups in total. The van der Waals surface area contributed by atoms with E-state index >= 15 is 0 Å². The Balaban J connectivity index is 1.22. The van der Waals surface area contributed by atoms with Crippen molar-refractivity contribution in [3.05, 3.63) is 90.9 Å². The van der Waals surface area contributed by atoms with Crippen molar-refractivity contribution < 1.29 is 0 Å². The highest BCUT2D eigenvalue weighted by Gasteiger charge is 2.29. The van der Waals surface area contributed by atoms with Gasteiger partial charge in [-0.05, 0) is 30.3 Å². The first-order valence-electron chi connectivity index (χ1n) is 11.3. The third-order valence-electron chi connectivity index (χ3n) is 6.57. The molecule has 0 bridgehead atoms. The number of pyridine rings is 1. The number of hydrogen-bond donors (Lipinski definition) is 1. The van der Waals surface area contributed by atoms with E-state index in [4.69, 9.17) is 4.98 Å². The van der Waals surface area contributed by atoms with E-state index in [0.717, 1.165) is 50.8 Å². The quantitative estimate of drug-likeness (QED) is 0.531. The fourth-order valence-electron chi connectivity index (χ4n) is 4.88. The Kier molecular flexibility index (Phi) is 4.88. The molecule has 7 nitrogen and oxygen atoms in total. The molecular formula is C25H27N7. The van der Waals surface area contributed by atoms with Crippen LogP contribution in [0.15, 0.2) is 79.6 Å². The highest BCUT2D eigenvalue weighted by Crippen LogP contribution is 2.39. The van der Waals surface area contributed by atoms with Crippen LogP contribution in [0, 0.1) is 0 Å². The minimum absolute atomic E-state index is 0.0721. The van der Waals surface area contributed by atoms with E-state index in [9.17, 15) is 0 Å². The fourth-order valence-corrected chi connectivity index (χ4v) is 4.88. The number of para-hydroxylation sites is 2. The number of anilines is 2.